The van der Waals surface area contributed by atoms with Crippen molar-refractivity contribution in [2.45, 2.75) is 51.4 Å². The molecular weight excluding hydrogens is 364 g/mol. The lowest BCUT2D eigenvalue weighted by Crippen LogP contribution is -2.42. The van der Waals surface area contributed by atoms with Gasteiger partial charge < -0.3 is 4.74 Å². The molecule has 4 atom stereocenters. The van der Waals surface area contributed by atoms with E-state index < -0.39 is 0 Å². The third-order valence-electron chi connectivity index (χ3n) is 7.63. The number of thiocarbonyl (C=S) groups is 1. The molecular formula is C25H26O2S. The first-order valence-electron chi connectivity index (χ1n) is 10.5. The average Bonchev–Trinajstić information content (AvgIpc) is 3.03. The van der Waals surface area contributed by atoms with Crippen LogP contribution in [0.2, 0.25) is 0 Å². The summed E-state index contributed by atoms with van der Waals surface area (Å²) in [7, 11) is 0. The molecule has 0 bridgehead atoms. The van der Waals surface area contributed by atoms with E-state index in [4.69, 9.17) is 17.0 Å². The van der Waals surface area contributed by atoms with Crippen LogP contribution in [0, 0.1) is 17.3 Å². The maximum atomic E-state index is 12.5. The third-order valence-corrected chi connectivity index (χ3v) is 7.95. The summed E-state index contributed by atoms with van der Waals surface area (Å²) in [6.07, 6.45) is 6.34. The molecule has 0 heterocycles. The second kappa shape index (κ2) is 6.81. The number of ether oxygens (including phenoxy) is 1. The lowest BCUT2D eigenvalue weighted by Gasteiger charge is -2.48. The lowest BCUT2D eigenvalue weighted by molar-refractivity contribution is -0.129. The van der Waals surface area contributed by atoms with Crippen LogP contribution in [-0.4, -0.2) is 10.8 Å². The molecule has 0 radical (unpaired) electrons. The van der Waals surface area contributed by atoms with Gasteiger partial charge in [0.05, 0.1) is 0 Å². The first kappa shape index (κ1) is 18.1. The van der Waals surface area contributed by atoms with E-state index in [2.05, 4.69) is 25.1 Å². The fraction of sp³-hybridized carbons (Fsp3) is 0.440. The van der Waals surface area contributed by atoms with Crippen LogP contribution in [-0.2, 0) is 11.2 Å². The van der Waals surface area contributed by atoms with Crippen molar-refractivity contribution in [3.8, 4) is 5.75 Å². The van der Waals surface area contributed by atoms with Crippen molar-refractivity contribution in [1.82, 2.24) is 0 Å². The zero-order chi connectivity index (χ0) is 19.3. The molecule has 0 aromatic heterocycles. The fourth-order valence-electron chi connectivity index (χ4n) is 6.13. The van der Waals surface area contributed by atoms with Gasteiger partial charge in [-0.1, -0.05) is 43.3 Å². The smallest absolute Gasteiger partial charge is 0.198 e. The maximum absolute atomic E-state index is 12.5. The molecule has 0 aliphatic heterocycles. The highest BCUT2D eigenvalue weighted by atomic mass is 32.1. The number of benzene rings is 2. The molecule has 3 aliphatic carbocycles. The van der Waals surface area contributed by atoms with Gasteiger partial charge in [-0.2, -0.15) is 0 Å². The van der Waals surface area contributed by atoms with Crippen LogP contribution in [0.3, 0.4) is 0 Å². The Morgan fingerprint density at radius 1 is 1.07 bits per heavy atom. The molecule has 2 aromatic rings. The van der Waals surface area contributed by atoms with Crippen molar-refractivity contribution in [2.75, 3.05) is 0 Å². The number of rotatable bonds is 2. The highest BCUT2D eigenvalue weighted by Gasteiger charge is 2.54. The van der Waals surface area contributed by atoms with Crippen LogP contribution in [0.25, 0.3) is 0 Å². The number of hydrogen-bond acceptors (Lipinski definition) is 3. The molecule has 0 N–H and O–H groups in total. The quantitative estimate of drug-likeness (QED) is 0.600. The molecule has 0 saturated heterocycles. The molecule has 0 unspecified atom stereocenters. The van der Waals surface area contributed by atoms with Gasteiger partial charge in [0.2, 0.25) is 0 Å². The van der Waals surface area contributed by atoms with E-state index >= 15 is 0 Å². The zero-order valence-corrected chi connectivity index (χ0v) is 17.1. The van der Waals surface area contributed by atoms with E-state index in [0.29, 0.717) is 28.6 Å². The molecule has 28 heavy (non-hydrogen) atoms. The molecule has 2 fully saturated rings. The Morgan fingerprint density at radius 3 is 2.71 bits per heavy atom. The Labute approximate surface area is 172 Å². The van der Waals surface area contributed by atoms with Crippen LogP contribution in [0.5, 0.6) is 5.75 Å². The normalized spacial score (nSPS) is 30.9. The van der Waals surface area contributed by atoms with E-state index in [1.165, 1.54) is 17.5 Å². The third kappa shape index (κ3) is 2.83. The standard InChI is InChI=1S/C25H26O2S/c1-25-14-13-20-19-10-8-18(27-24(28)16-5-3-2-4-6-16)15-17(19)7-9-21(20)22(25)11-12-23(25)26/h2-6,8,10,15,20-22H,7,9,11-14H2,1H3/t20-,21-,22+,25+/m1/s1. The van der Waals surface area contributed by atoms with Gasteiger partial charge in [-0.3, -0.25) is 4.79 Å². The molecule has 5 rings (SSSR count). The topological polar surface area (TPSA) is 26.3 Å². The summed E-state index contributed by atoms with van der Waals surface area (Å²) >= 11 is 5.47. The van der Waals surface area contributed by atoms with Gasteiger partial charge >= 0.3 is 0 Å². The molecule has 3 heteroatoms. The molecule has 2 aromatic carbocycles. The van der Waals surface area contributed by atoms with Crippen LogP contribution in [0.4, 0.5) is 0 Å². The Bertz CT molecular complexity index is 935. The van der Waals surface area contributed by atoms with Crippen molar-refractivity contribution in [2.24, 2.45) is 17.3 Å². The first-order valence-corrected chi connectivity index (χ1v) is 10.9. The summed E-state index contributed by atoms with van der Waals surface area (Å²) in [5.41, 5.74) is 3.77. The minimum atomic E-state index is -0.0520. The van der Waals surface area contributed by atoms with Crippen molar-refractivity contribution in [3.63, 3.8) is 0 Å². The van der Waals surface area contributed by atoms with Crippen molar-refractivity contribution >= 4 is 23.1 Å². The number of Topliss-reactive ketones (excluding diaryl/α,β-unsaturated/α-hetero) is 1. The second-order valence-electron chi connectivity index (χ2n) is 8.95. The predicted molar refractivity (Wildman–Crippen MR) is 115 cm³/mol. The number of carbonyl (C=O) groups is 1. The average molecular weight is 391 g/mol. The summed E-state index contributed by atoms with van der Waals surface area (Å²) in [6.45, 7) is 2.24. The van der Waals surface area contributed by atoms with Crippen LogP contribution in [0.1, 0.15) is 61.6 Å². The molecule has 3 aliphatic rings. The van der Waals surface area contributed by atoms with Gasteiger partial charge in [0.1, 0.15) is 11.5 Å². The van der Waals surface area contributed by atoms with Crippen molar-refractivity contribution in [1.29, 1.82) is 0 Å². The summed E-state index contributed by atoms with van der Waals surface area (Å²) in [5.74, 6) is 3.19. The van der Waals surface area contributed by atoms with Gasteiger partial charge in [0.15, 0.2) is 5.05 Å². The van der Waals surface area contributed by atoms with Gasteiger partial charge in [-0.25, -0.2) is 0 Å². The SMILES string of the molecule is C[C@]12CC[C@@H]3c4ccc(OC(=S)c5ccccc5)cc4CC[C@H]3[C@@H]1CCC2=O. The monoisotopic (exact) mass is 390 g/mol. The largest absolute Gasteiger partial charge is 0.445 e. The first-order chi connectivity index (χ1) is 13.6. The van der Waals surface area contributed by atoms with Gasteiger partial charge in [0.25, 0.3) is 0 Å². The van der Waals surface area contributed by atoms with E-state index in [9.17, 15) is 4.79 Å². The van der Waals surface area contributed by atoms with Gasteiger partial charge in [-0.05, 0) is 85.3 Å². The van der Waals surface area contributed by atoms with Crippen LogP contribution >= 0.6 is 12.2 Å². The van der Waals surface area contributed by atoms with Gasteiger partial charge in [0, 0.05) is 17.4 Å². The number of hydrogen-bond donors (Lipinski definition) is 0. The number of ketones is 1. The Morgan fingerprint density at radius 2 is 1.89 bits per heavy atom. The fourth-order valence-corrected chi connectivity index (χ4v) is 6.37. The van der Waals surface area contributed by atoms with Crippen molar-refractivity contribution < 1.29 is 9.53 Å². The molecule has 0 amide bonds. The lowest BCUT2D eigenvalue weighted by atomic mass is 9.55. The van der Waals surface area contributed by atoms with E-state index in [1.54, 1.807) is 0 Å². The number of carbonyl (C=O) groups excluding carboxylic acids is 1. The molecule has 144 valence electrons. The maximum Gasteiger partial charge on any atom is 0.198 e. The minimum absolute atomic E-state index is 0.0520. The van der Waals surface area contributed by atoms with E-state index in [-0.39, 0.29) is 5.41 Å². The molecule has 2 nitrogen and oxygen atoms in total. The Kier molecular flexibility index (Phi) is 4.39. The summed E-state index contributed by atoms with van der Waals surface area (Å²) in [6, 6.07) is 16.4. The van der Waals surface area contributed by atoms with E-state index in [1.807, 2.05) is 30.3 Å². The molecule has 2 saturated carbocycles. The van der Waals surface area contributed by atoms with Crippen LogP contribution in [0.15, 0.2) is 48.5 Å². The molecule has 0 spiro atoms. The Balaban J connectivity index is 1.38. The van der Waals surface area contributed by atoms with Crippen LogP contribution < -0.4 is 4.74 Å². The summed E-state index contributed by atoms with van der Waals surface area (Å²) in [5, 5.41) is 0.520. The Hall–Kier alpha value is -2.00. The number of aryl methyl sites for hydroxylation is 1. The summed E-state index contributed by atoms with van der Waals surface area (Å²) in [4.78, 5) is 12.5. The predicted octanol–water partition coefficient (Wildman–Crippen LogP) is 5.87. The second-order valence-corrected chi connectivity index (χ2v) is 9.32. The highest BCUT2D eigenvalue weighted by Crippen LogP contribution is 2.59. The summed E-state index contributed by atoms with van der Waals surface area (Å²) < 4.78 is 5.99. The van der Waals surface area contributed by atoms with E-state index in [0.717, 1.165) is 43.4 Å². The van der Waals surface area contributed by atoms with Gasteiger partial charge in [-0.15, -0.1) is 0 Å². The zero-order valence-electron chi connectivity index (χ0n) is 16.3. The minimum Gasteiger partial charge on any atom is -0.445 e. The van der Waals surface area contributed by atoms with Crippen molar-refractivity contribution in [3.05, 3.63) is 65.2 Å². The number of fused-ring (bicyclic) bond motifs is 5. The highest BCUT2D eigenvalue weighted by molar-refractivity contribution is 7.80.